The second kappa shape index (κ2) is 6.32. The third-order valence-electron chi connectivity index (χ3n) is 2.92. The van der Waals surface area contributed by atoms with Crippen LogP contribution in [0.4, 0.5) is 16.2 Å². The van der Waals surface area contributed by atoms with E-state index >= 15 is 0 Å². The molecular formula is C15H19FN4. The van der Waals surface area contributed by atoms with Crippen LogP contribution >= 0.6 is 0 Å². The van der Waals surface area contributed by atoms with E-state index in [0.29, 0.717) is 24.9 Å². The van der Waals surface area contributed by atoms with E-state index in [1.807, 2.05) is 39.1 Å². The predicted molar refractivity (Wildman–Crippen MR) is 79.4 cm³/mol. The number of aromatic nitrogens is 2. The highest BCUT2D eigenvalue weighted by molar-refractivity contribution is 5.44. The molecule has 5 heteroatoms. The summed E-state index contributed by atoms with van der Waals surface area (Å²) in [6.45, 7) is 5.29. The van der Waals surface area contributed by atoms with Gasteiger partial charge in [0.1, 0.15) is 0 Å². The lowest BCUT2D eigenvalue weighted by atomic mass is 10.1. The summed E-state index contributed by atoms with van der Waals surface area (Å²) in [4.78, 5) is 9.90. The molecule has 0 saturated carbocycles. The van der Waals surface area contributed by atoms with Gasteiger partial charge in [0.15, 0.2) is 11.6 Å². The third-order valence-corrected chi connectivity index (χ3v) is 2.92. The fourth-order valence-electron chi connectivity index (χ4n) is 2.03. The third kappa shape index (κ3) is 3.44. The summed E-state index contributed by atoms with van der Waals surface area (Å²) in [6, 6.07) is 8.14. The van der Waals surface area contributed by atoms with Crippen molar-refractivity contribution in [1.82, 2.24) is 9.97 Å². The van der Waals surface area contributed by atoms with Crippen LogP contribution in [-0.4, -0.2) is 23.6 Å². The van der Waals surface area contributed by atoms with Gasteiger partial charge in [0, 0.05) is 20.1 Å². The van der Waals surface area contributed by atoms with E-state index in [0.717, 1.165) is 5.56 Å². The largest absolute Gasteiger partial charge is 0.354 e. The van der Waals surface area contributed by atoms with Gasteiger partial charge in [0.25, 0.3) is 0 Å². The average Bonchev–Trinajstić information content (AvgIpc) is 2.41. The normalized spacial score (nSPS) is 10.4. The second-order valence-corrected chi connectivity index (χ2v) is 4.74. The van der Waals surface area contributed by atoms with Crippen LogP contribution in [0.2, 0.25) is 0 Å². The summed E-state index contributed by atoms with van der Waals surface area (Å²) in [6.07, 6.45) is 1.20. The molecule has 0 aliphatic rings. The van der Waals surface area contributed by atoms with Crippen LogP contribution in [-0.2, 0) is 6.54 Å². The molecule has 0 radical (unpaired) electrons. The number of hydrogen-bond acceptors (Lipinski definition) is 4. The molecule has 1 aromatic heterocycles. The summed E-state index contributed by atoms with van der Waals surface area (Å²) in [5.41, 5.74) is 2.31. The van der Waals surface area contributed by atoms with E-state index in [2.05, 4.69) is 21.4 Å². The van der Waals surface area contributed by atoms with Gasteiger partial charge in [-0.05, 0) is 19.4 Å². The van der Waals surface area contributed by atoms with Gasteiger partial charge in [0.05, 0.1) is 6.20 Å². The lowest BCUT2D eigenvalue weighted by molar-refractivity contribution is 0.607. The molecule has 4 nitrogen and oxygen atoms in total. The Morgan fingerprint density at radius 2 is 2.15 bits per heavy atom. The van der Waals surface area contributed by atoms with E-state index in [9.17, 15) is 4.39 Å². The number of rotatable bonds is 5. The maximum Gasteiger partial charge on any atom is 0.224 e. The Kier molecular flexibility index (Phi) is 4.50. The van der Waals surface area contributed by atoms with E-state index in [1.54, 1.807) is 4.90 Å². The number of nitrogens with zero attached hydrogens (tertiary/aromatic N) is 3. The molecule has 2 aromatic rings. The zero-order chi connectivity index (χ0) is 14.5. The molecular weight excluding hydrogens is 255 g/mol. The van der Waals surface area contributed by atoms with Crippen LogP contribution in [0.25, 0.3) is 0 Å². The van der Waals surface area contributed by atoms with E-state index in [4.69, 9.17) is 0 Å². The van der Waals surface area contributed by atoms with Gasteiger partial charge in [-0.1, -0.05) is 29.8 Å². The molecule has 0 aliphatic carbocycles. The highest BCUT2D eigenvalue weighted by Gasteiger charge is 2.12. The van der Waals surface area contributed by atoms with E-state index in [1.165, 1.54) is 11.8 Å². The van der Waals surface area contributed by atoms with E-state index in [-0.39, 0.29) is 0 Å². The van der Waals surface area contributed by atoms with Crippen LogP contribution < -0.4 is 10.2 Å². The number of halogens is 1. The number of anilines is 2. The van der Waals surface area contributed by atoms with Crippen molar-refractivity contribution in [2.24, 2.45) is 0 Å². The average molecular weight is 274 g/mol. The minimum absolute atomic E-state index is 0.303. The molecule has 0 unspecified atom stereocenters. The zero-order valence-electron chi connectivity index (χ0n) is 12.0. The molecule has 0 fully saturated rings. The van der Waals surface area contributed by atoms with Gasteiger partial charge in [-0.3, -0.25) is 0 Å². The van der Waals surface area contributed by atoms with Crippen molar-refractivity contribution >= 4 is 11.8 Å². The molecule has 1 N–H and O–H groups in total. The van der Waals surface area contributed by atoms with Gasteiger partial charge >= 0.3 is 0 Å². The maximum atomic E-state index is 13.8. The standard InChI is InChI=1S/C15H19FN4/c1-4-17-15-18-9-13(16)14(19-15)20(3)10-12-7-5-6-11(2)8-12/h5-9H,4,10H2,1-3H3,(H,17,18,19). The molecule has 0 saturated heterocycles. The Morgan fingerprint density at radius 1 is 1.35 bits per heavy atom. The Hall–Kier alpha value is -2.17. The summed E-state index contributed by atoms with van der Waals surface area (Å²) in [5, 5.41) is 2.99. The molecule has 0 aliphatic heterocycles. The fraction of sp³-hybridized carbons (Fsp3) is 0.333. The summed E-state index contributed by atoms with van der Waals surface area (Å²) in [7, 11) is 1.82. The Bertz CT molecular complexity index is 586. The monoisotopic (exact) mass is 274 g/mol. The van der Waals surface area contributed by atoms with Crippen LogP contribution in [0.5, 0.6) is 0 Å². The van der Waals surface area contributed by atoms with Crippen LogP contribution in [0.15, 0.2) is 30.5 Å². The Balaban J connectivity index is 2.19. The summed E-state index contributed by atoms with van der Waals surface area (Å²) in [5.74, 6) is 0.333. The first kappa shape index (κ1) is 14.2. The first-order chi connectivity index (χ1) is 9.60. The van der Waals surface area contributed by atoms with Crippen LogP contribution in [0, 0.1) is 12.7 Å². The van der Waals surface area contributed by atoms with Crippen molar-refractivity contribution in [3.05, 3.63) is 47.4 Å². The number of nitrogens with one attached hydrogen (secondary N) is 1. The molecule has 1 aromatic carbocycles. The zero-order valence-corrected chi connectivity index (χ0v) is 12.0. The van der Waals surface area contributed by atoms with Crippen molar-refractivity contribution in [3.63, 3.8) is 0 Å². The van der Waals surface area contributed by atoms with Gasteiger partial charge in [-0.15, -0.1) is 0 Å². The Morgan fingerprint density at radius 3 is 2.85 bits per heavy atom. The van der Waals surface area contributed by atoms with Crippen molar-refractivity contribution in [2.45, 2.75) is 20.4 Å². The van der Waals surface area contributed by atoms with Gasteiger partial charge in [-0.25, -0.2) is 9.37 Å². The van der Waals surface area contributed by atoms with Crippen LogP contribution in [0.1, 0.15) is 18.1 Å². The minimum atomic E-state index is -0.415. The summed E-state index contributed by atoms with van der Waals surface area (Å²) >= 11 is 0. The smallest absolute Gasteiger partial charge is 0.224 e. The predicted octanol–water partition coefficient (Wildman–Crippen LogP) is 2.99. The molecule has 20 heavy (non-hydrogen) atoms. The molecule has 0 atom stereocenters. The Labute approximate surface area is 118 Å². The molecule has 0 bridgehead atoms. The lowest BCUT2D eigenvalue weighted by Crippen LogP contribution is -2.20. The second-order valence-electron chi connectivity index (χ2n) is 4.74. The number of benzene rings is 1. The number of aryl methyl sites for hydroxylation is 1. The fourth-order valence-corrected chi connectivity index (χ4v) is 2.03. The molecule has 1 heterocycles. The van der Waals surface area contributed by atoms with Gasteiger partial charge in [-0.2, -0.15) is 4.98 Å². The first-order valence-electron chi connectivity index (χ1n) is 6.63. The highest BCUT2D eigenvalue weighted by Crippen LogP contribution is 2.18. The minimum Gasteiger partial charge on any atom is -0.354 e. The van der Waals surface area contributed by atoms with Gasteiger partial charge < -0.3 is 10.2 Å². The SMILES string of the molecule is CCNc1ncc(F)c(N(C)Cc2cccc(C)c2)n1. The summed E-state index contributed by atoms with van der Waals surface area (Å²) < 4.78 is 13.8. The lowest BCUT2D eigenvalue weighted by Gasteiger charge is -2.19. The first-order valence-corrected chi connectivity index (χ1v) is 6.63. The van der Waals surface area contributed by atoms with Crippen molar-refractivity contribution in [1.29, 1.82) is 0 Å². The van der Waals surface area contributed by atoms with Crippen molar-refractivity contribution < 1.29 is 4.39 Å². The quantitative estimate of drug-likeness (QED) is 0.910. The van der Waals surface area contributed by atoms with Crippen molar-refractivity contribution in [2.75, 3.05) is 23.8 Å². The van der Waals surface area contributed by atoms with Crippen LogP contribution in [0.3, 0.4) is 0 Å². The molecule has 0 spiro atoms. The molecule has 0 amide bonds. The molecule has 106 valence electrons. The molecule has 2 rings (SSSR count). The number of hydrogen-bond donors (Lipinski definition) is 1. The maximum absolute atomic E-state index is 13.8. The van der Waals surface area contributed by atoms with Crippen molar-refractivity contribution in [3.8, 4) is 0 Å². The van der Waals surface area contributed by atoms with Gasteiger partial charge in [0.2, 0.25) is 5.95 Å². The topological polar surface area (TPSA) is 41.1 Å². The highest BCUT2D eigenvalue weighted by atomic mass is 19.1. The van der Waals surface area contributed by atoms with E-state index < -0.39 is 5.82 Å².